The number of carbonyl (C=O) groups excluding carboxylic acids is 1. The van der Waals surface area contributed by atoms with Crippen molar-refractivity contribution < 1.29 is 4.79 Å². The van der Waals surface area contributed by atoms with E-state index in [0.29, 0.717) is 0 Å². The van der Waals surface area contributed by atoms with E-state index in [0.717, 1.165) is 64.6 Å². The highest BCUT2D eigenvalue weighted by atomic mass is 127. The lowest BCUT2D eigenvalue weighted by Crippen LogP contribution is -2.46. The molecule has 1 fully saturated rings. The fourth-order valence-electron chi connectivity index (χ4n) is 3.35. The number of aryl methyl sites for hydroxylation is 1. The molecule has 0 unspecified atom stereocenters. The van der Waals surface area contributed by atoms with Crippen LogP contribution in [0, 0.1) is 6.92 Å². The van der Waals surface area contributed by atoms with Crippen LogP contribution >= 0.6 is 24.0 Å². The van der Waals surface area contributed by atoms with Gasteiger partial charge in [-0.25, -0.2) is 4.99 Å². The fourth-order valence-corrected chi connectivity index (χ4v) is 3.35. The van der Waals surface area contributed by atoms with Crippen molar-refractivity contribution in [3.8, 4) is 0 Å². The van der Waals surface area contributed by atoms with Crippen molar-refractivity contribution >= 4 is 41.5 Å². The van der Waals surface area contributed by atoms with E-state index >= 15 is 0 Å². The van der Waals surface area contributed by atoms with Crippen LogP contribution in [0.5, 0.6) is 0 Å². The summed E-state index contributed by atoms with van der Waals surface area (Å²) in [4.78, 5) is 22.6. The second-order valence-electron chi connectivity index (χ2n) is 7.78. The zero-order chi connectivity index (χ0) is 21.1. The van der Waals surface area contributed by atoms with Gasteiger partial charge in [-0.3, -0.25) is 9.69 Å². The molecule has 0 saturated carbocycles. The number of guanidine groups is 1. The maximum Gasteiger partial charge on any atom is 0.243 e. The van der Waals surface area contributed by atoms with Crippen LogP contribution in [-0.4, -0.2) is 88.1 Å². The Morgan fingerprint density at radius 3 is 2.50 bits per heavy atom. The van der Waals surface area contributed by atoms with Crippen molar-refractivity contribution in [1.82, 2.24) is 20.4 Å². The first-order valence-corrected chi connectivity index (χ1v) is 10.8. The quantitative estimate of drug-likeness (QED) is 0.222. The van der Waals surface area contributed by atoms with Gasteiger partial charge < -0.3 is 20.4 Å². The number of hydrogen-bond donors (Lipinski definition) is 2. The molecule has 0 radical (unpaired) electrons. The third kappa shape index (κ3) is 9.51. The standard InChI is InChI=1S/C22H38N6O.HI/c1-5-23-22(25-18-21(29)26(3)4)24-11-6-7-12-27-13-15-28(16-14-27)20-10-8-9-19(2)17-20;/h8-10,17H,5-7,11-16,18H2,1-4H3,(H2,23,24,25);1H. The molecule has 1 amide bonds. The maximum atomic E-state index is 11.7. The zero-order valence-electron chi connectivity index (χ0n) is 19.0. The number of benzene rings is 1. The van der Waals surface area contributed by atoms with Crippen LogP contribution in [0.15, 0.2) is 29.3 Å². The number of unbranched alkanes of at least 4 members (excludes halogenated alkanes) is 1. The van der Waals surface area contributed by atoms with Gasteiger partial charge in [-0.1, -0.05) is 12.1 Å². The highest BCUT2D eigenvalue weighted by Crippen LogP contribution is 2.17. The highest BCUT2D eigenvalue weighted by Gasteiger charge is 2.16. The molecular weight excluding hydrogens is 491 g/mol. The monoisotopic (exact) mass is 530 g/mol. The molecule has 2 rings (SSSR count). The lowest BCUT2D eigenvalue weighted by atomic mass is 10.2. The predicted molar refractivity (Wildman–Crippen MR) is 137 cm³/mol. The number of carbonyl (C=O) groups is 1. The highest BCUT2D eigenvalue weighted by molar-refractivity contribution is 14.0. The van der Waals surface area contributed by atoms with E-state index in [-0.39, 0.29) is 36.4 Å². The molecular formula is C22H39IN6O. The number of hydrogen-bond acceptors (Lipinski definition) is 4. The van der Waals surface area contributed by atoms with Crippen LogP contribution in [0.25, 0.3) is 0 Å². The molecule has 170 valence electrons. The van der Waals surface area contributed by atoms with E-state index < -0.39 is 0 Å². The van der Waals surface area contributed by atoms with Crippen LogP contribution in [0.3, 0.4) is 0 Å². The van der Waals surface area contributed by atoms with Gasteiger partial charge in [-0.15, -0.1) is 24.0 Å². The second-order valence-corrected chi connectivity index (χ2v) is 7.78. The Bertz CT molecular complexity index is 659. The number of amides is 1. The van der Waals surface area contributed by atoms with E-state index in [2.05, 4.69) is 56.6 Å². The number of piperazine rings is 1. The Morgan fingerprint density at radius 1 is 1.13 bits per heavy atom. The summed E-state index contributed by atoms with van der Waals surface area (Å²) in [7, 11) is 3.50. The Hall–Kier alpha value is -1.55. The molecule has 1 aliphatic heterocycles. The third-order valence-electron chi connectivity index (χ3n) is 5.15. The number of rotatable bonds is 9. The van der Waals surface area contributed by atoms with Crippen molar-refractivity contribution in [3.05, 3.63) is 29.8 Å². The predicted octanol–water partition coefficient (Wildman–Crippen LogP) is 2.16. The van der Waals surface area contributed by atoms with Crippen LogP contribution in [0.2, 0.25) is 0 Å². The molecule has 7 nitrogen and oxygen atoms in total. The van der Waals surface area contributed by atoms with Gasteiger partial charge in [0.1, 0.15) is 6.54 Å². The number of nitrogens with zero attached hydrogens (tertiary/aromatic N) is 4. The van der Waals surface area contributed by atoms with Crippen LogP contribution in [-0.2, 0) is 4.79 Å². The maximum absolute atomic E-state index is 11.7. The fraction of sp³-hybridized carbons (Fsp3) is 0.636. The molecule has 1 aliphatic rings. The Kier molecular flexibility index (Phi) is 12.8. The van der Waals surface area contributed by atoms with Crippen molar-refractivity contribution in [2.75, 3.05) is 71.4 Å². The van der Waals surface area contributed by atoms with Gasteiger partial charge in [0, 0.05) is 59.1 Å². The van der Waals surface area contributed by atoms with Gasteiger partial charge >= 0.3 is 0 Å². The lowest BCUT2D eigenvalue weighted by Gasteiger charge is -2.36. The van der Waals surface area contributed by atoms with Crippen LogP contribution in [0.4, 0.5) is 5.69 Å². The molecule has 30 heavy (non-hydrogen) atoms. The average molecular weight is 530 g/mol. The third-order valence-corrected chi connectivity index (χ3v) is 5.15. The average Bonchev–Trinajstić information content (AvgIpc) is 2.71. The van der Waals surface area contributed by atoms with Crippen molar-refractivity contribution in [2.24, 2.45) is 4.99 Å². The second kappa shape index (κ2) is 14.5. The largest absolute Gasteiger partial charge is 0.369 e. The summed E-state index contributed by atoms with van der Waals surface area (Å²) in [6, 6.07) is 8.78. The molecule has 0 aromatic heterocycles. The van der Waals surface area contributed by atoms with Gasteiger partial charge in [-0.05, 0) is 50.9 Å². The molecule has 0 atom stereocenters. The number of likely N-dealkylation sites (N-methyl/N-ethyl adjacent to an activating group) is 1. The van der Waals surface area contributed by atoms with Crippen LogP contribution < -0.4 is 15.5 Å². The Morgan fingerprint density at radius 2 is 1.87 bits per heavy atom. The van der Waals surface area contributed by atoms with Gasteiger partial charge in [-0.2, -0.15) is 0 Å². The van der Waals surface area contributed by atoms with Crippen molar-refractivity contribution in [3.63, 3.8) is 0 Å². The number of nitrogens with one attached hydrogen (secondary N) is 2. The summed E-state index contributed by atoms with van der Waals surface area (Å²) in [5, 5.41) is 6.52. The minimum atomic E-state index is 0. The molecule has 2 N–H and O–H groups in total. The van der Waals surface area contributed by atoms with Gasteiger partial charge in [0.25, 0.3) is 0 Å². The van der Waals surface area contributed by atoms with Gasteiger partial charge in [0.15, 0.2) is 5.96 Å². The Labute approximate surface area is 199 Å². The van der Waals surface area contributed by atoms with E-state index in [1.165, 1.54) is 11.3 Å². The lowest BCUT2D eigenvalue weighted by molar-refractivity contribution is -0.127. The molecule has 0 aliphatic carbocycles. The first-order chi connectivity index (χ1) is 14.0. The van der Waals surface area contributed by atoms with E-state index in [1.807, 2.05) is 6.92 Å². The van der Waals surface area contributed by atoms with Gasteiger partial charge in [0.05, 0.1) is 0 Å². The molecule has 1 aromatic rings. The molecule has 8 heteroatoms. The normalized spacial score (nSPS) is 14.8. The van der Waals surface area contributed by atoms with Crippen molar-refractivity contribution in [1.29, 1.82) is 0 Å². The summed E-state index contributed by atoms with van der Waals surface area (Å²) < 4.78 is 0. The molecule has 0 spiro atoms. The van der Waals surface area contributed by atoms with E-state index in [4.69, 9.17) is 0 Å². The first-order valence-electron chi connectivity index (χ1n) is 10.8. The minimum Gasteiger partial charge on any atom is -0.369 e. The summed E-state index contributed by atoms with van der Waals surface area (Å²) in [6.45, 7) is 11.6. The summed E-state index contributed by atoms with van der Waals surface area (Å²) in [6.07, 6.45) is 2.25. The smallest absolute Gasteiger partial charge is 0.243 e. The summed E-state index contributed by atoms with van der Waals surface area (Å²) in [5.41, 5.74) is 2.67. The molecule has 1 heterocycles. The van der Waals surface area contributed by atoms with E-state index in [9.17, 15) is 4.79 Å². The minimum absolute atomic E-state index is 0. The zero-order valence-corrected chi connectivity index (χ0v) is 21.3. The topological polar surface area (TPSA) is 63.2 Å². The Balaban J connectivity index is 0.00000450. The van der Waals surface area contributed by atoms with E-state index in [1.54, 1.807) is 19.0 Å². The van der Waals surface area contributed by atoms with Crippen molar-refractivity contribution in [2.45, 2.75) is 26.7 Å². The SMILES string of the molecule is CCNC(=NCC(=O)N(C)C)NCCCCN1CCN(c2cccc(C)c2)CC1.I. The summed E-state index contributed by atoms with van der Waals surface area (Å²) in [5.74, 6) is 0.724. The number of anilines is 1. The van der Waals surface area contributed by atoms with Crippen LogP contribution in [0.1, 0.15) is 25.3 Å². The number of halogens is 1. The first kappa shape index (κ1) is 26.5. The molecule has 1 aromatic carbocycles. The summed E-state index contributed by atoms with van der Waals surface area (Å²) >= 11 is 0. The molecule has 0 bridgehead atoms. The molecule has 1 saturated heterocycles. The number of aliphatic imine (C=N–C) groups is 1. The van der Waals surface area contributed by atoms with Gasteiger partial charge in [0.2, 0.25) is 5.91 Å².